The lowest BCUT2D eigenvalue weighted by Crippen LogP contribution is -2.28. The van der Waals surface area contributed by atoms with Crippen LogP contribution in [0.4, 0.5) is 5.69 Å². The van der Waals surface area contributed by atoms with Crippen molar-refractivity contribution >= 4 is 11.6 Å². The van der Waals surface area contributed by atoms with Crippen LogP contribution in [0.2, 0.25) is 0 Å². The van der Waals surface area contributed by atoms with Crippen LogP contribution in [0.5, 0.6) is 5.75 Å². The number of aromatic nitrogens is 1. The summed E-state index contributed by atoms with van der Waals surface area (Å²) in [4.78, 5) is 17.9. The van der Waals surface area contributed by atoms with Gasteiger partial charge in [-0.15, -0.1) is 0 Å². The van der Waals surface area contributed by atoms with Gasteiger partial charge in [0.05, 0.1) is 12.1 Å². The van der Waals surface area contributed by atoms with Crippen LogP contribution in [0.3, 0.4) is 0 Å². The predicted octanol–water partition coefficient (Wildman–Crippen LogP) is 3.29. The van der Waals surface area contributed by atoms with Crippen LogP contribution in [0.1, 0.15) is 31.9 Å². The molecular weight excluding hydrogens is 276 g/mol. The Hall–Kier alpha value is -2.36. The van der Waals surface area contributed by atoms with Crippen LogP contribution in [0, 0.1) is 0 Å². The molecule has 0 bridgehead atoms. The molecule has 1 aromatic carbocycles. The summed E-state index contributed by atoms with van der Waals surface area (Å²) >= 11 is 0. The Morgan fingerprint density at radius 1 is 1.18 bits per heavy atom. The highest BCUT2D eigenvalue weighted by atomic mass is 16.3. The number of benzene rings is 1. The van der Waals surface area contributed by atoms with E-state index in [1.807, 2.05) is 45.0 Å². The molecule has 1 aromatic heterocycles. The molecule has 0 aliphatic heterocycles. The molecule has 0 atom stereocenters. The minimum absolute atomic E-state index is 0.0763. The first-order valence-electron chi connectivity index (χ1n) is 7.28. The molecule has 0 saturated heterocycles. The van der Waals surface area contributed by atoms with E-state index in [0.29, 0.717) is 5.69 Å². The molecule has 1 amide bonds. The second kappa shape index (κ2) is 6.18. The summed E-state index contributed by atoms with van der Waals surface area (Å²) in [5, 5.41) is 10.5. The Morgan fingerprint density at radius 3 is 2.41 bits per heavy atom. The number of hydrogen-bond donors (Lipinski definition) is 1. The van der Waals surface area contributed by atoms with Gasteiger partial charge in [-0.25, -0.2) is 0 Å². The SMILES string of the molecule is CN(C(=O)Cc1ccncc1)c1cccc(C(C)(C)C)c1O. The van der Waals surface area contributed by atoms with E-state index >= 15 is 0 Å². The predicted molar refractivity (Wildman–Crippen MR) is 88.2 cm³/mol. The van der Waals surface area contributed by atoms with E-state index in [9.17, 15) is 9.90 Å². The van der Waals surface area contributed by atoms with Crippen LogP contribution in [-0.4, -0.2) is 23.0 Å². The monoisotopic (exact) mass is 298 g/mol. The lowest BCUT2D eigenvalue weighted by molar-refractivity contribution is -0.117. The molecule has 1 N–H and O–H groups in total. The third-order valence-corrected chi connectivity index (χ3v) is 3.66. The highest BCUT2D eigenvalue weighted by molar-refractivity contribution is 5.95. The van der Waals surface area contributed by atoms with Crippen molar-refractivity contribution in [1.82, 2.24) is 4.98 Å². The molecule has 1 heterocycles. The second-order valence-electron chi connectivity index (χ2n) is 6.41. The van der Waals surface area contributed by atoms with E-state index in [-0.39, 0.29) is 23.5 Å². The molecule has 2 aromatic rings. The third kappa shape index (κ3) is 3.45. The van der Waals surface area contributed by atoms with Crippen LogP contribution < -0.4 is 4.90 Å². The number of carbonyl (C=O) groups is 1. The topological polar surface area (TPSA) is 53.4 Å². The fraction of sp³-hybridized carbons (Fsp3) is 0.333. The molecule has 4 nitrogen and oxygen atoms in total. The average molecular weight is 298 g/mol. The molecule has 0 fully saturated rings. The molecule has 116 valence electrons. The maximum atomic E-state index is 12.4. The minimum Gasteiger partial charge on any atom is -0.505 e. The Labute approximate surface area is 131 Å². The van der Waals surface area contributed by atoms with Crippen molar-refractivity contribution in [3.8, 4) is 5.75 Å². The zero-order chi connectivity index (χ0) is 16.3. The first kappa shape index (κ1) is 16.0. The summed E-state index contributed by atoms with van der Waals surface area (Å²) in [6.45, 7) is 6.10. The van der Waals surface area contributed by atoms with Crippen LogP contribution in [0.25, 0.3) is 0 Å². The van der Waals surface area contributed by atoms with E-state index in [1.54, 1.807) is 25.5 Å². The quantitative estimate of drug-likeness (QED) is 0.946. The number of phenolic OH excluding ortho intramolecular Hbond substituents is 1. The number of carbonyl (C=O) groups excluding carboxylic acids is 1. The number of phenols is 1. The van der Waals surface area contributed by atoms with Crippen molar-refractivity contribution < 1.29 is 9.90 Å². The largest absolute Gasteiger partial charge is 0.505 e. The first-order chi connectivity index (χ1) is 10.3. The standard InChI is InChI=1S/C18H22N2O2/c1-18(2,3)14-6-5-7-15(17(14)22)20(4)16(21)12-13-8-10-19-11-9-13/h5-11,22H,12H2,1-4H3. The third-order valence-electron chi connectivity index (χ3n) is 3.66. The average Bonchev–Trinajstić information content (AvgIpc) is 2.46. The zero-order valence-corrected chi connectivity index (χ0v) is 13.5. The molecule has 22 heavy (non-hydrogen) atoms. The van der Waals surface area contributed by atoms with Crippen molar-refractivity contribution in [2.24, 2.45) is 0 Å². The molecule has 4 heteroatoms. The van der Waals surface area contributed by atoms with Gasteiger partial charge >= 0.3 is 0 Å². The van der Waals surface area contributed by atoms with E-state index in [2.05, 4.69) is 4.98 Å². The fourth-order valence-corrected chi connectivity index (χ4v) is 2.34. The molecule has 2 rings (SSSR count). The highest BCUT2D eigenvalue weighted by Gasteiger charge is 2.23. The van der Waals surface area contributed by atoms with E-state index in [4.69, 9.17) is 0 Å². The summed E-state index contributed by atoms with van der Waals surface area (Å²) < 4.78 is 0. The van der Waals surface area contributed by atoms with Crippen molar-refractivity contribution in [3.63, 3.8) is 0 Å². The maximum absolute atomic E-state index is 12.4. The number of para-hydroxylation sites is 1. The number of amides is 1. The van der Waals surface area contributed by atoms with Crippen molar-refractivity contribution in [2.75, 3.05) is 11.9 Å². The molecule has 0 aliphatic carbocycles. The van der Waals surface area contributed by atoms with Gasteiger partial charge < -0.3 is 10.0 Å². The number of hydrogen-bond acceptors (Lipinski definition) is 3. The van der Waals surface area contributed by atoms with Crippen LogP contribution in [-0.2, 0) is 16.6 Å². The smallest absolute Gasteiger partial charge is 0.231 e. The van der Waals surface area contributed by atoms with Crippen LogP contribution in [0.15, 0.2) is 42.7 Å². The Bertz CT molecular complexity index is 661. The van der Waals surface area contributed by atoms with Gasteiger partial charge in [0.15, 0.2) is 0 Å². The molecule has 0 unspecified atom stereocenters. The lowest BCUT2D eigenvalue weighted by atomic mass is 9.86. The van der Waals surface area contributed by atoms with Gasteiger partial charge in [0.2, 0.25) is 5.91 Å². The van der Waals surface area contributed by atoms with Crippen molar-refractivity contribution in [2.45, 2.75) is 32.6 Å². The van der Waals surface area contributed by atoms with Gasteiger partial charge in [-0.2, -0.15) is 0 Å². The Balaban J connectivity index is 2.26. The summed E-state index contributed by atoms with van der Waals surface area (Å²) in [7, 11) is 1.69. The summed E-state index contributed by atoms with van der Waals surface area (Å²) in [6, 6.07) is 9.15. The van der Waals surface area contributed by atoms with E-state index in [1.165, 1.54) is 4.90 Å². The molecule has 0 spiro atoms. The lowest BCUT2D eigenvalue weighted by Gasteiger charge is -2.25. The number of nitrogens with zero attached hydrogens (tertiary/aromatic N) is 2. The normalized spacial score (nSPS) is 11.3. The van der Waals surface area contributed by atoms with Gasteiger partial charge in [0, 0.05) is 25.0 Å². The van der Waals surface area contributed by atoms with Crippen molar-refractivity contribution in [1.29, 1.82) is 0 Å². The molecule has 0 saturated carbocycles. The van der Waals surface area contributed by atoms with Crippen molar-refractivity contribution in [3.05, 3.63) is 53.9 Å². The molecule has 0 aliphatic rings. The Morgan fingerprint density at radius 2 is 1.82 bits per heavy atom. The fourth-order valence-electron chi connectivity index (χ4n) is 2.34. The number of rotatable bonds is 3. The summed E-state index contributed by atoms with van der Waals surface area (Å²) in [5.74, 6) is 0.0909. The number of pyridine rings is 1. The minimum atomic E-state index is -0.185. The number of anilines is 1. The zero-order valence-electron chi connectivity index (χ0n) is 13.5. The van der Waals surface area contributed by atoms with Crippen LogP contribution >= 0.6 is 0 Å². The number of aromatic hydroxyl groups is 1. The molecular formula is C18H22N2O2. The number of likely N-dealkylation sites (N-methyl/N-ethyl adjacent to an activating group) is 1. The van der Waals surface area contributed by atoms with Gasteiger partial charge in [-0.1, -0.05) is 32.9 Å². The van der Waals surface area contributed by atoms with Gasteiger partial charge in [0.1, 0.15) is 5.75 Å². The van der Waals surface area contributed by atoms with Gasteiger partial charge in [0.25, 0.3) is 0 Å². The van der Waals surface area contributed by atoms with E-state index < -0.39 is 0 Å². The van der Waals surface area contributed by atoms with E-state index in [0.717, 1.165) is 11.1 Å². The van der Waals surface area contributed by atoms with Gasteiger partial charge in [-0.3, -0.25) is 9.78 Å². The second-order valence-corrected chi connectivity index (χ2v) is 6.41. The first-order valence-corrected chi connectivity index (χ1v) is 7.28. The van der Waals surface area contributed by atoms with Gasteiger partial charge in [-0.05, 0) is 29.2 Å². The maximum Gasteiger partial charge on any atom is 0.231 e. The highest BCUT2D eigenvalue weighted by Crippen LogP contribution is 2.37. The Kier molecular flexibility index (Phi) is 4.50. The summed E-state index contributed by atoms with van der Waals surface area (Å²) in [5.41, 5.74) is 2.08. The summed E-state index contributed by atoms with van der Waals surface area (Å²) in [6.07, 6.45) is 3.61. The molecule has 0 radical (unpaired) electrons.